The highest BCUT2D eigenvalue weighted by Crippen LogP contribution is 2.10. The van der Waals surface area contributed by atoms with E-state index < -0.39 is 10.8 Å². The van der Waals surface area contributed by atoms with Crippen LogP contribution < -0.4 is 10.6 Å². The number of halogens is 1. The number of nitrogens with one attached hydrogen (secondary N) is 2. The van der Waals surface area contributed by atoms with Crippen LogP contribution in [0.5, 0.6) is 0 Å². The molecule has 2 atom stereocenters. The van der Waals surface area contributed by atoms with Gasteiger partial charge in [-0.05, 0) is 60.2 Å². The lowest BCUT2D eigenvalue weighted by Crippen LogP contribution is -2.44. The Morgan fingerprint density at radius 2 is 1.83 bits per heavy atom. The van der Waals surface area contributed by atoms with Crippen molar-refractivity contribution >= 4 is 40.7 Å². The summed E-state index contributed by atoms with van der Waals surface area (Å²) in [4.78, 5) is 6.69. The second-order valence-corrected chi connectivity index (χ2v) is 9.20. The van der Waals surface area contributed by atoms with E-state index in [9.17, 15) is 4.21 Å². The highest BCUT2D eigenvalue weighted by molar-refractivity contribution is 14.0. The Bertz CT molecular complexity index is 368. The molecule has 0 aliphatic carbocycles. The molecule has 0 aromatic rings. The van der Waals surface area contributed by atoms with Crippen molar-refractivity contribution in [1.29, 1.82) is 0 Å². The average molecular weight is 474 g/mol. The molecular weight excluding hydrogens is 435 g/mol. The van der Waals surface area contributed by atoms with E-state index in [2.05, 4.69) is 41.3 Å². The zero-order valence-electron chi connectivity index (χ0n) is 16.6. The SMILES string of the molecule is CCN(CC)CCCC(C)NC(=NC)NCCS(=O)C(C)(C)C.I. The van der Waals surface area contributed by atoms with E-state index in [1.165, 1.54) is 6.42 Å². The maximum atomic E-state index is 12.0. The van der Waals surface area contributed by atoms with E-state index in [-0.39, 0.29) is 28.7 Å². The Morgan fingerprint density at radius 1 is 1.25 bits per heavy atom. The number of guanidine groups is 1. The third-order valence-corrected chi connectivity index (χ3v) is 5.82. The number of hydrogen-bond donors (Lipinski definition) is 2. The van der Waals surface area contributed by atoms with Gasteiger partial charge in [0.2, 0.25) is 0 Å². The first-order chi connectivity index (χ1) is 10.7. The molecule has 0 bridgehead atoms. The third-order valence-electron chi connectivity index (χ3n) is 3.88. The standard InChI is InChI=1S/C17H38N4OS.HI/c1-8-21(9-2)13-10-11-15(3)20-16(18-7)19-12-14-23(22)17(4,5)6;/h15H,8-14H2,1-7H3,(H2,18,19,20);1H. The van der Waals surface area contributed by atoms with Crippen LogP contribution >= 0.6 is 24.0 Å². The Hall–Kier alpha value is 0.110. The van der Waals surface area contributed by atoms with Gasteiger partial charge < -0.3 is 15.5 Å². The molecule has 0 saturated carbocycles. The molecule has 2 unspecified atom stereocenters. The summed E-state index contributed by atoms with van der Waals surface area (Å²) in [7, 11) is 0.945. The number of rotatable bonds is 10. The Labute approximate surface area is 169 Å². The lowest BCUT2D eigenvalue weighted by molar-refractivity contribution is 0.292. The van der Waals surface area contributed by atoms with Gasteiger partial charge in [-0.3, -0.25) is 9.20 Å². The Balaban J connectivity index is 0. The minimum atomic E-state index is -0.832. The zero-order chi connectivity index (χ0) is 17.9. The number of nitrogens with zero attached hydrogens (tertiary/aromatic N) is 2. The molecule has 0 radical (unpaired) electrons. The molecule has 2 N–H and O–H groups in total. The fourth-order valence-electron chi connectivity index (χ4n) is 2.23. The summed E-state index contributed by atoms with van der Waals surface area (Å²) in [5.41, 5.74) is 0. The van der Waals surface area contributed by atoms with Gasteiger partial charge in [0.05, 0.1) is 0 Å². The molecule has 24 heavy (non-hydrogen) atoms. The Kier molecular flexibility index (Phi) is 15.7. The molecule has 0 saturated heterocycles. The minimum absolute atomic E-state index is 0. The van der Waals surface area contributed by atoms with Crippen LogP contribution in [0.2, 0.25) is 0 Å². The smallest absolute Gasteiger partial charge is 0.191 e. The first-order valence-electron chi connectivity index (χ1n) is 8.82. The largest absolute Gasteiger partial charge is 0.355 e. The quantitative estimate of drug-likeness (QED) is 0.291. The highest BCUT2D eigenvalue weighted by atomic mass is 127. The summed E-state index contributed by atoms with van der Waals surface area (Å²) in [6.07, 6.45) is 2.30. The molecule has 0 heterocycles. The van der Waals surface area contributed by atoms with Gasteiger partial charge >= 0.3 is 0 Å². The molecule has 0 amide bonds. The van der Waals surface area contributed by atoms with Gasteiger partial charge in [0.15, 0.2) is 5.96 Å². The van der Waals surface area contributed by atoms with Gasteiger partial charge in [-0.2, -0.15) is 0 Å². The number of aliphatic imine (C=N–C) groups is 1. The van der Waals surface area contributed by atoms with Crippen molar-refractivity contribution in [3.05, 3.63) is 0 Å². The first-order valence-corrected chi connectivity index (χ1v) is 10.1. The van der Waals surface area contributed by atoms with Crippen molar-refractivity contribution in [1.82, 2.24) is 15.5 Å². The van der Waals surface area contributed by atoms with E-state index in [0.29, 0.717) is 18.3 Å². The molecule has 7 heteroatoms. The zero-order valence-corrected chi connectivity index (χ0v) is 19.8. The van der Waals surface area contributed by atoms with E-state index in [0.717, 1.165) is 32.0 Å². The van der Waals surface area contributed by atoms with Crippen LogP contribution in [0.15, 0.2) is 4.99 Å². The molecule has 0 spiro atoms. The summed E-state index contributed by atoms with van der Waals surface area (Å²) in [5, 5.41) is 6.67. The van der Waals surface area contributed by atoms with Gasteiger partial charge in [0.25, 0.3) is 0 Å². The predicted molar refractivity (Wildman–Crippen MR) is 119 cm³/mol. The molecule has 0 aromatic heterocycles. The Morgan fingerprint density at radius 3 is 2.29 bits per heavy atom. The van der Waals surface area contributed by atoms with Gasteiger partial charge in [0.1, 0.15) is 0 Å². The van der Waals surface area contributed by atoms with Gasteiger partial charge in [-0.25, -0.2) is 0 Å². The van der Waals surface area contributed by atoms with Gasteiger partial charge in [0, 0.05) is 40.9 Å². The molecule has 0 aliphatic rings. The topological polar surface area (TPSA) is 56.7 Å². The molecule has 5 nitrogen and oxygen atoms in total. The van der Waals surface area contributed by atoms with E-state index in [4.69, 9.17) is 0 Å². The molecular formula is C17H39IN4OS. The fraction of sp³-hybridized carbons (Fsp3) is 0.941. The van der Waals surface area contributed by atoms with Crippen molar-refractivity contribution in [2.75, 3.05) is 39.0 Å². The average Bonchev–Trinajstić information content (AvgIpc) is 2.49. The van der Waals surface area contributed by atoms with Crippen LogP contribution in [0.3, 0.4) is 0 Å². The summed E-state index contributed by atoms with van der Waals surface area (Å²) in [6, 6.07) is 0.380. The van der Waals surface area contributed by atoms with Gasteiger partial charge in [-0.1, -0.05) is 13.8 Å². The van der Waals surface area contributed by atoms with Crippen molar-refractivity contribution in [2.45, 2.75) is 65.2 Å². The van der Waals surface area contributed by atoms with E-state index in [1.54, 1.807) is 7.05 Å². The monoisotopic (exact) mass is 474 g/mol. The summed E-state index contributed by atoms with van der Waals surface area (Å²) in [6.45, 7) is 16.7. The van der Waals surface area contributed by atoms with Crippen LogP contribution in [0.1, 0.15) is 54.4 Å². The highest BCUT2D eigenvalue weighted by Gasteiger charge is 2.18. The lowest BCUT2D eigenvalue weighted by atomic mass is 10.2. The summed E-state index contributed by atoms with van der Waals surface area (Å²) < 4.78 is 11.9. The maximum absolute atomic E-state index is 12.0. The number of hydrogen-bond acceptors (Lipinski definition) is 3. The third kappa shape index (κ3) is 12.5. The molecule has 0 aromatic carbocycles. The molecule has 0 rings (SSSR count). The maximum Gasteiger partial charge on any atom is 0.191 e. The predicted octanol–water partition coefficient (Wildman–Crippen LogP) is 2.83. The van der Waals surface area contributed by atoms with E-state index in [1.807, 2.05) is 20.8 Å². The second kappa shape index (κ2) is 14.3. The normalized spacial score (nSPS) is 14.9. The van der Waals surface area contributed by atoms with Crippen molar-refractivity contribution in [3.8, 4) is 0 Å². The summed E-state index contributed by atoms with van der Waals surface area (Å²) in [5.74, 6) is 1.44. The lowest BCUT2D eigenvalue weighted by Gasteiger charge is -2.22. The summed E-state index contributed by atoms with van der Waals surface area (Å²) >= 11 is 0. The van der Waals surface area contributed by atoms with Gasteiger partial charge in [-0.15, -0.1) is 24.0 Å². The van der Waals surface area contributed by atoms with Crippen molar-refractivity contribution < 1.29 is 4.21 Å². The van der Waals surface area contributed by atoms with E-state index >= 15 is 0 Å². The molecule has 146 valence electrons. The molecule has 0 aliphatic heterocycles. The molecule has 0 fully saturated rings. The van der Waals surface area contributed by atoms with Crippen LogP contribution in [-0.4, -0.2) is 64.8 Å². The van der Waals surface area contributed by atoms with Crippen LogP contribution in [-0.2, 0) is 10.8 Å². The second-order valence-electron chi connectivity index (χ2n) is 6.88. The van der Waals surface area contributed by atoms with Crippen LogP contribution in [0, 0.1) is 0 Å². The fourth-order valence-corrected chi connectivity index (χ4v) is 3.13. The first kappa shape index (κ1) is 26.3. The minimum Gasteiger partial charge on any atom is -0.355 e. The van der Waals surface area contributed by atoms with Crippen LogP contribution in [0.25, 0.3) is 0 Å². The van der Waals surface area contributed by atoms with Crippen LogP contribution in [0.4, 0.5) is 0 Å². The van der Waals surface area contributed by atoms with Crippen molar-refractivity contribution in [3.63, 3.8) is 0 Å². The van der Waals surface area contributed by atoms with Crippen molar-refractivity contribution in [2.24, 2.45) is 4.99 Å².